The maximum absolute atomic E-state index is 13.6. The smallest absolute Gasteiger partial charge is 0.223 e. The molecule has 0 atom stereocenters. The summed E-state index contributed by atoms with van der Waals surface area (Å²) in [7, 11) is 0. The van der Waals surface area contributed by atoms with E-state index in [2.05, 4.69) is 15.9 Å². The van der Waals surface area contributed by atoms with Gasteiger partial charge in [-0.25, -0.2) is 8.78 Å². The number of rotatable bonds is 5. The lowest BCUT2D eigenvalue weighted by atomic mass is 10.2. The molecule has 2 nitrogen and oxygen atoms in total. The van der Waals surface area contributed by atoms with Crippen LogP contribution < -0.4 is 0 Å². The molecule has 0 N–H and O–H groups in total. The molecule has 0 heterocycles. The van der Waals surface area contributed by atoms with Crippen LogP contribution in [0.15, 0.2) is 18.2 Å². The van der Waals surface area contributed by atoms with Gasteiger partial charge in [-0.05, 0) is 18.9 Å². The lowest BCUT2D eigenvalue weighted by Crippen LogP contribution is -2.33. The summed E-state index contributed by atoms with van der Waals surface area (Å²) in [5.41, 5.74) is 0.367. The second kappa shape index (κ2) is 5.78. The van der Waals surface area contributed by atoms with Crippen molar-refractivity contribution in [3.05, 3.63) is 35.4 Å². The maximum atomic E-state index is 13.6. The van der Waals surface area contributed by atoms with Crippen LogP contribution in [0.4, 0.5) is 8.78 Å². The molecule has 1 fully saturated rings. The molecule has 1 aliphatic carbocycles. The van der Waals surface area contributed by atoms with Crippen LogP contribution in [0.1, 0.15) is 24.8 Å². The van der Waals surface area contributed by atoms with Gasteiger partial charge in [-0.15, -0.1) is 0 Å². The lowest BCUT2D eigenvalue weighted by molar-refractivity contribution is -0.131. The lowest BCUT2D eigenvalue weighted by Gasteiger charge is -2.22. The molecule has 98 valence electrons. The van der Waals surface area contributed by atoms with Gasteiger partial charge in [0.2, 0.25) is 5.91 Å². The average molecular weight is 318 g/mol. The number of halogens is 3. The van der Waals surface area contributed by atoms with Crippen molar-refractivity contribution in [3.63, 3.8) is 0 Å². The van der Waals surface area contributed by atoms with Crippen molar-refractivity contribution in [2.24, 2.45) is 0 Å². The second-order valence-electron chi connectivity index (χ2n) is 4.43. The summed E-state index contributed by atoms with van der Waals surface area (Å²) in [5, 5.41) is 0.598. The molecule has 18 heavy (non-hydrogen) atoms. The van der Waals surface area contributed by atoms with Gasteiger partial charge in [0.15, 0.2) is 0 Å². The Morgan fingerprint density at radius 1 is 1.39 bits per heavy atom. The number of carbonyl (C=O) groups excluding carboxylic acids is 1. The van der Waals surface area contributed by atoms with E-state index in [9.17, 15) is 13.6 Å². The normalized spacial score (nSPS) is 14.6. The van der Waals surface area contributed by atoms with Crippen molar-refractivity contribution in [1.29, 1.82) is 0 Å². The molecule has 1 amide bonds. The Balaban J connectivity index is 2.10. The van der Waals surface area contributed by atoms with Gasteiger partial charge in [0, 0.05) is 36.0 Å². The highest BCUT2D eigenvalue weighted by Gasteiger charge is 2.32. The Hall–Kier alpha value is -0.970. The number of benzene rings is 1. The highest BCUT2D eigenvalue weighted by atomic mass is 79.9. The Bertz CT molecular complexity index is 449. The van der Waals surface area contributed by atoms with Gasteiger partial charge in [0.25, 0.3) is 0 Å². The zero-order valence-electron chi connectivity index (χ0n) is 9.83. The largest absolute Gasteiger partial charge is 0.335 e. The van der Waals surface area contributed by atoms with Crippen molar-refractivity contribution in [2.45, 2.75) is 31.8 Å². The van der Waals surface area contributed by atoms with E-state index in [-0.39, 0.29) is 18.5 Å². The molecule has 2 rings (SSSR count). The molecular formula is C13H14BrF2NO. The fourth-order valence-electron chi connectivity index (χ4n) is 1.86. The van der Waals surface area contributed by atoms with E-state index in [0.717, 1.165) is 18.9 Å². The van der Waals surface area contributed by atoms with E-state index in [0.29, 0.717) is 17.3 Å². The van der Waals surface area contributed by atoms with Crippen LogP contribution in [-0.2, 0) is 11.3 Å². The average Bonchev–Trinajstić information content (AvgIpc) is 3.12. The Labute approximate surface area is 113 Å². The van der Waals surface area contributed by atoms with Crippen molar-refractivity contribution in [1.82, 2.24) is 4.90 Å². The van der Waals surface area contributed by atoms with Crippen LogP contribution in [0, 0.1) is 11.6 Å². The molecule has 5 heteroatoms. The minimum absolute atomic E-state index is 0.0121. The molecule has 0 radical (unpaired) electrons. The van der Waals surface area contributed by atoms with Gasteiger partial charge >= 0.3 is 0 Å². The van der Waals surface area contributed by atoms with Crippen LogP contribution in [0.25, 0.3) is 0 Å². The molecule has 1 saturated carbocycles. The van der Waals surface area contributed by atoms with E-state index >= 15 is 0 Å². The standard InChI is InChI=1S/C13H14BrF2NO/c14-6-5-13(18)17(11-3-4-11)8-9-1-2-10(15)7-12(9)16/h1-2,7,11H,3-6,8H2. The number of alkyl halides is 1. The van der Waals surface area contributed by atoms with Gasteiger partial charge in [-0.3, -0.25) is 4.79 Å². The predicted molar refractivity (Wildman–Crippen MR) is 68.3 cm³/mol. The van der Waals surface area contributed by atoms with Crippen molar-refractivity contribution in [3.8, 4) is 0 Å². The molecule has 1 aromatic rings. The fourth-order valence-corrected chi connectivity index (χ4v) is 2.20. The van der Waals surface area contributed by atoms with Gasteiger partial charge < -0.3 is 4.90 Å². The highest BCUT2D eigenvalue weighted by molar-refractivity contribution is 9.09. The highest BCUT2D eigenvalue weighted by Crippen LogP contribution is 2.29. The summed E-state index contributed by atoms with van der Waals surface area (Å²) >= 11 is 3.23. The summed E-state index contributed by atoms with van der Waals surface area (Å²) in [5.74, 6) is -1.17. The van der Waals surface area contributed by atoms with Crippen LogP contribution in [0.5, 0.6) is 0 Å². The summed E-state index contributed by atoms with van der Waals surface area (Å²) in [4.78, 5) is 13.6. The summed E-state index contributed by atoms with van der Waals surface area (Å²) in [6.07, 6.45) is 2.34. The van der Waals surface area contributed by atoms with Crippen molar-refractivity contribution in [2.75, 3.05) is 5.33 Å². The molecule has 0 spiro atoms. The first-order chi connectivity index (χ1) is 8.61. The fraction of sp³-hybridized carbons (Fsp3) is 0.462. The molecular weight excluding hydrogens is 304 g/mol. The minimum Gasteiger partial charge on any atom is -0.335 e. The van der Waals surface area contributed by atoms with E-state index < -0.39 is 11.6 Å². The maximum Gasteiger partial charge on any atom is 0.223 e. The molecule has 1 aromatic carbocycles. The number of hydrogen-bond donors (Lipinski definition) is 0. The summed E-state index contributed by atoms with van der Waals surface area (Å²) in [6, 6.07) is 3.70. The third-order valence-electron chi connectivity index (χ3n) is 2.97. The number of carbonyl (C=O) groups is 1. The monoisotopic (exact) mass is 317 g/mol. The number of amides is 1. The first-order valence-electron chi connectivity index (χ1n) is 5.91. The molecule has 0 saturated heterocycles. The third-order valence-corrected chi connectivity index (χ3v) is 3.37. The van der Waals surface area contributed by atoms with Gasteiger partial charge in [0.1, 0.15) is 11.6 Å². The first-order valence-corrected chi connectivity index (χ1v) is 7.03. The van der Waals surface area contributed by atoms with Crippen LogP contribution >= 0.6 is 15.9 Å². The minimum atomic E-state index is -0.596. The van der Waals surface area contributed by atoms with Crippen LogP contribution in [-0.4, -0.2) is 22.2 Å². The first kappa shape index (κ1) is 13.5. The van der Waals surface area contributed by atoms with Gasteiger partial charge in [-0.2, -0.15) is 0 Å². The van der Waals surface area contributed by atoms with E-state index in [4.69, 9.17) is 0 Å². The molecule has 1 aliphatic rings. The topological polar surface area (TPSA) is 20.3 Å². The SMILES string of the molecule is O=C(CCBr)N(Cc1ccc(F)cc1F)C1CC1. The zero-order chi connectivity index (χ0) is 13.1. The predicted octanol–water partition coefficient (Wildman–Crippen LogP) is 3.24. The summed E-state index contributed by atoms with van der Waals surface area (Å²) in [6.45, 7) is 0.225. The van der Waals surface area contributed by atoms with Gasteiger partial charge in [0.05, 0.1) is 0 Å². The Morgan fingerprint density at radius 3 is 2.67 bits per heavy atom. The molecule has 0 bridgehead atoms. The Morgan fingerprint density at radius 2 is 2.11 bits per heavy atom. The number of hydrogen-bond acceptors (Lipinski definition) is 1. The van der Waals surface area contributed by atoms with E-state index in [1.807, 2.05) is 0 Å². The van der Waals surface area contributed by atoms with Gasteiger partial charge in [-0.1, -0.05) is 22.0 Å². The molecule has 0 aromatic heterocycles. The van der Waals surface area contributed by atoms with E-state index in [1.165, 1.54) is 12.1 Å². The van der Waals surface area contributed by atoms with Crippen LogP contribution in [0.3, 0.4) is 0 Å². The molecule has 0 aliphatic heterocycles. The summed E-state index contributed by atoms with van der Waals surface area (Å²) < 4.78 is 26.4. The van der Waals surface area contributed by atoms with Crippen molar-refractivity contribution >= 4 is 21.8 Å². The molecule has 0 unspecified atom stereocenters. The number of nitrogens with zero attached hydrogens (tertiary/aromatic N) is 1. The van der Waals surface area contributed by atoms with Crippen molar-refractivity contribution < 1.29 is 13.6 Å². The quantitative estimate of drug-likeness (QED) is 0.763. The van der Waals surface area contributed by atoms with Crippen LogP contribution in [0.2, 0.25) is 0 Å². The third kappa shape index (κ3) is 3.28. The Kier molecular flexibility index (Phi) is 4.32. The second-order valence-corrected chi connectivity index (χ2v) is 5.22. The van der Waals surface area contributed by atoms with E-state index in [1.54, 1.807) is 4.90 Å². The zero-order valence-corrected chi connectivity index (χ0v) is 11.4.